The minimum Gasteiger partial charge on any atom is -0.393 e. The van der Waals surface area contributed by atoms with Crippen LogP contribution in [0.5, 0.6) is 0 Å². The molecule has 1 fully saturated rings. The molecule has 1 aliphatic heterocycles. The first-order chi connectivity index (χ1) is 12.0. The van der Waals surface area contributed by atoms with Crippen molar-refractivity contribution in [2.24, 2.45) is 0 Å². The molecule has 0 radical (unpaired) electrons. The summed E-state index contributed by atoms with van der Waals surface area (Å²) in [6.07, 6.45) is 1.32. The number of hydrogen-bond acceptors (Lipinski definition) is 4. The molecule has 0 amide bonds. The van der Waals surface area contributed by atoms with Gasteiger partial charge in [-0.2, -0.15) is 5.26 Å². The number of nitrogens with one attached hydrogen (secondary N) is 1. The summed E-state index contributed by atoms with van der Waals surface area (Å²) >= 11 is 0. The molecule has 1 heterocycles. The van der Waals surface area contributed by atoms with Gasteiger partial charge < -0.3 is 15.3 Å². The minimum absolute atomic E-state index is 0.208. The lowest BCUT2D eigenvalue weighted by Gasteiger charge is -2.32. The second-order valence-electron chi connectivity index (χ2n) is 6.91. The summed E-state index contributed by atoms with van der Waals surface area (Å²) in [6, 6.07) is 14.8. The summed E-state index contributed by atoms with van der Waals surface area (Å²) in [5.41, 5.74) is 6.36. The molecule has 0 bridgehead atoms. The van der Waals surface area contributed by atoms with E-state index < -0.39 is 0 Å². The molecule has 1 saturated heterocycles. The summed E-state index contributed by atoms with van der Waals surface area (Å²) in [4.78, 5) is 2.19. The van der Waals surface area contributed by atoms with Crippen molar-refractivity contribution in [2.45, 2.75) is 39.3 Å². The van der Waals surface area contributed by atoms with Crippen molar-refractivity contribution >= 4 is 11.4 Å². The molecule has 0 aromatic heterocycles. The number of piperidine rings is 1. The zero-order valence-corrected chi connectivity index (χ0v) is 14.9. The van der Waals surface area contributed by atoms with E-state index in [1.807, 2.05) is 18.2 Å². The van der Waals surface area contributed by atoms with Gasteiger partial charge in [0.05, 0.1) is 17.4 Å². The Morgan fingerprint density at radius 3 is 2.44 bits per heavy atom. The minimum atomic E-state index is -0.208. The van der Waals surface area contributed by atoms with Gasteiger partial charge >= 0.3 is 0 Å². The molecule has 2 aromatic rings. The van der Waals surface area contributed by atoms with Crippen LogP contribution in [0.1, 0.15) is 35.1 Å². The van der Waals surface area contributed by atoms with Crippen LogP contribution in [-0.4, -0.2) is 24.3 Å². The predicted octanol–water partition coefficient (Wildman–Crippen LogP) is 3.75. The monoisotopic (exact) mass is 335 g/mol. The quantitative estimate of drug-likeness (QED) is 0.893. The number of aliphatic hydroxyl groups is 1. The lowest BCUT2D eigenvalue weighted by molar-refractivity contribution is 0.145. The predicted molar refractivity (Wildman–Crippen MR) is 102 cm³/mol. The Morgan fingerprint density at radius 2 is 1.80 bits per heavy atom. The summed E-state index contributed by atoms with van der Waals surface area (Å²) in [5, 5.41) is 22.6. The number of nitriles is 1. The fourth-order valence-electron chi connectivity index (χ4n) is 3.49. The molecule has 0 atom stereocenters. The van der Waals surface area contributed by atoms with Crippen molar-refractivity contribution in [3.63, 3.8) is 0 Å². The largest absolute Gasteiger partial charge is 0.393 e. The first kappa shape index (κ1) is 17.3. The summed E-state index contributed by atoms with van der Waals surface area (Å²) in [7, 11) is 0. The van der Waals surface area contributed by atoms with Crippen LogP contribution in [-0.2, 0) is 6.54 Å². The molecule has 4 heteroatoms. The highest BCUT2D eigenvalue weighted by Gasteiger charge is 2.19. The zero-order chi connectivity index (χ0) is 17.8. The Kier molecular flexibility index (Phi) is 5.25. The maximum atomic E-state index is 9.66. The van der Waals surface area contributed by atoms with Crippen LogP contribution in [0.4, 0.5) is 11.4 Å². The Balaban J connectivity index is 1.72. The van der Waals surface area contributed by atoms with Crippen LogP contribution in [0.25, 0.3) is 0 Å². The standard InChI is InChI=1S/C21H25N3O/c1-15-9-16(2)11-17(10-15)14-23-19-3-4-21(18(12-19)13-22)24-7-5-20(25)6-8-24/h3-4,9-12,20,23,25H,5-8,14H2,1-2H3. The highest BCUT2D eigenvalue weighted by Crippen LogP contribution is 2.27. The van der Waals surface area contributed by atoms with Crippen molar-refractivity contribution in [2.75, 3.05) is 23.3 Å². The van der Waals surface area contributed by atoms with Crippen molar-refractivity contribution in [1.29, 1.82) is 5.26 Å². The van der Waals surface area contributed by atoms with Gasteiger partial charge in [-0.1, -0.05) is 29.3 Å². The number of hydrogen-bond donors (Lipinski definition) is 2. The summed E-state index contributed by atoms with van der Waals surface area (Å²) in [6.45, 7) is 6.54. The lowest BCUT2D eigenvalue weighted by Crippen LogP contribution is -2.36. The van der Waals surface area contributed by atoms with Gasteiger partial charge in [0.25, 0.3) is 0 Å². The number of anilines is 2. The van der Waals surface area contributed by atoms with E-state index in [0.29, 0.717) is 5.56 Å². The number of aryl methyl sites for hydroxylation is 2. The first-order valence-electron chi connectivity index (χ1n) is 8.83. The third-order valence-corrected chi connectivity index (χ3v) is 4.70. The molecule has 1 aliphatic rings. The molecule has 0 spiro atoms. The van der Waals surface area contributed by atoms with E-state index >= 15 is 0 Å². The molecule has 0 aliphatic carbocycles. The average Bonchev–Trinajstić information content (AvgIpc) is 2.60. The SMILES string of the molecule is Cc1cc(C)cc(CNc2ccc(N3CCC(O)CC3)c(C#N)c2)c1. The van der Waals surface area contributed by atoms with Crippen LogP contribution in [0.15, 0.2) is 36.4 Å². The van der Waals surface area contributed by atoms with Crippen LogP contribution in [0, 0.1) is 25.2 Å². The number of benzene rings is 2. The van der Waals surface area contributed by atoms with Gasteiger partial charge in [-0.15, -0.1) is 0 Å². The van der Waals surface area contributed by atoms with Crippen LogP contribution >= 0.6 is 0 Å². The van der Waals surface area contributed by atoms with Gasteiger partial charge in [-0.05, 0) is 50.5 Å². The number of aliphatic hydroxyl groups excluding tert-OH is 1. The number of rotatable bonds is 4. The summed E-state index contributed by atoms with van der Waals surface area (Å²) in [5.74, 6) is 0. The molecular formula is C21H25N3O. The maximum absolute atomic E-state index is 9.66. The molecule has 0 unspecified atom stereocenters. The van der Waals surface area contributed by atoms with Gasteiger partial charge in [0, 0.05) is 25.3 Å². The molecule has 0 saturated carbocycles. The summed E-state index contributed by atoms with van der Waals surface area (Å²) < 4.78 is 0. The van der Waals surface area contributed by atoms with Gasteiger partial charge in [-0.25, -0.2) is 0 Å². The van der Waals surface area contributed by atoms with Gasteiger partial charge in [-0.3, -0.25) is 0 Å². The van der Waals surface area contributed by atoms with Crippen molar-refractivity contribution < 1.29 is 5.11 Å². The average molecular weight is 335 g/mol. The molecular weight excluding hydrogens is 310 g/mol. The van der Waals surface area contributed by atoms with E-state index in [1.54, 1.807) is 0 Å². The Labute approximate surface area is 149 Å². The van der Waals surface area contributed by atoms with Crippen molar-refractivity contribution in [1.82, 2.24) is 0 Å². The van der Waals surface area contributed by atoms with E-state index in [9.17, 15) is 10.4 Å². The first-order valence-corrected chi connectivity index (χ1v) is 8.83. The topological polar surface area (TPSA) is 59.3 Å². The normalized spacial score (nSPS) is 15.0. The van der Waals surface area contributed by atoms with E-state index in [2.05, 4.69) is 48.3 Å². The second-order valence-corrected chi connectivity index (χ2v) is 6.91. The van der Waals surface area contributed by atoms with Crippen molar-refractivity contribution in [3.05, 3.63) is 58.7 Å². The van der Waals surface area contributed by atoms with E-state index in [0.717, 1.165) is 43.9 Å². The van der Waals surface area contributed by atoms with Crippen LogP contribution < -0.4 is 10.2 Å². The van der Waals surface area contributed by atoms with Gasteiger partial charge in [0.1, 0.15) is 6.07 Å². The number of nitrogens with zero attached hydrogens (tertiary/aromatic N) is 2. The Morgan fingerprint density at radius 1 is 1.12 bits per heavy atom. The smallest absolute Gasteiger partial charge is 0.101 e. The molecule has 25 heavy (non-hydrogen) atoms. The second kappa shape index (κ2) is 7.58. The van der Waals surface area contributed by atoms with E-state index in [1.165, 1.54) is 16.7 Å². The van der Waals surface area contributed by atoms with Gasteiger partial charge in [0.15, 0.2) is 0 Å². The molecule has 2 aromatic carbocycles. The third kappa shape index (κ3) is 4.32. The van der Waals surface area contributed by atoms with Crippen LogP contribution in [0.3, 0.4) is 0 Å². The van der Waals surface area contributed by atoms with Crippen LogP contribution in [0.2, 0.25) is 0 Å². The lowest BCUT2D eigenvalue weighted by atomic mass is 10.0. The highest BCUT2D eigenvalue weighted by molar-refractivity contribution is 5.65. The highest BCUT2D eigenvalue weighted by atomic mass is 16.3. The zero-order valence-electron chi connectivity index (χ0n) is 14.9. The Bertz CT molecular complexity index is 766. The van der Waals surface area contributed by atoms with Crippen molar-refractivity contribution in [3.8, 4) is 6.07 Å². The molecule has 4 nitrogen and oxygen atoms in total. The fourth-order valence-corrected chi connectivity index (χ4v) is 3.49. The maximum Gasteiger partial charge on any atom is 0.101 e. The molecule has 2 N–H and O–H groups in total. The van der Waals surface area contributed by atoms with E-state index in [4.69, 9.17) is 0 Å². The van der Waals surface area contributed by atoms with E-state index in [-0.39, 0.29) is 6.10 Å². The third-order valence-electron chi connectivity index (χ3n) is 4.70. The Hall–Kier alpha value is -2.51. The molecule has 130 valence electrons. The fraction of sp³-hybridized carbons (Fsp3) is 0.381. The van der Waals surface area contributed by atoms with Gasteiger partial charge in [0.2, 0.25) is 0 Å². The molecule has 3 rings (SSSR count).